The first-order valence-electron chi connectivity index (χ1n) is 4.25. The van der Waals surface area contributed by atoms with Crippen molar-refractivity contribution in [3.8, 4) is 0 Å². The SMILES string of the molecule is CC(C)Cc1ccc([NH-])cc1.NO.[Y]. The molecule has 1 aromatic carbocycles. The molecule has 0 fully saturated rings. The van der Waals surface area contributed by atoms with Crippen LogP contribution in [-0.2, 0) is 39.1 Å². The Hall–Kier alpha value is 0.0439. The summed E-state index contributed by atoms with van der Waals surface area (Å²) < 4.78 is 0. The van der Waals surface area contributed by atoms with E-state index in [0.717, 1.165) is 6.42 Å². The van der Waals surface area contributed by atoms with E-state index in [-0.39, 0.29) is 32.7 Å². The summed E-state index contributed by atoms with van der Waals surface area (Å²) in [5.74, 6) is 4.20. The van der Waals surface area contributed by atoms with Gasteiger partial charge in [-0.2, -0.15) is 0 Å². The number of hydrogen-bond acceptors (Lipinski definition) is 2. The van der Waals surface area contributed by atoms with Gasteiger partial charge in [-0.15, -0.1) is 5.69 Å². The molecule has 3 nitrogen and oxygen atoms in total. The molecule has 0 heterocycles. The molecule has 0 atom stereocenters. The van der Waals surface area contributed by atoms with Gasteiger partial charge < -0.3 is 10.9 Å². The van der Waals surface area contributed by atoms with Gasteiger partial charge in [0.25, 0.3) is 0 Å². The Balaban J connectivity index is 0. The van der Waals surface area contributed by atoms with E-state index < -0.39 is 0 Å². The van der Waals surface area contributed by atoms with Crippen molar-refractivity contribution in [3.05, 3.63) is 35.6 Å². The van der Waals surface area contributed by atoms with Crippen LogP contribution in [0.2, 0.25) is 0 Å². The van der Waals surface area contributed by atoms with E-state index in [1.165, 1.54) is 5.56 Å². The fourth-order valence-corrected chi connectivity index (χ4v) is 1.11. The Morgan fingerprint density at radius 1 is 1.21 bits per heavy atom. The first-order valence-corrected chi connectivity index (χ1v) is 4.25. The Morgan fingerprint density at radius 3 is 2.00 bits per heavy atom. The van der Waals surface area contributed by atoms with Crippen molar-refractivity contribution >= 4 is 5.69 Å². The van der Waals surface area contributed by atoms with Gasteiger partial charge in [-0.05, 0) is 17.9 Å². The molecule has 0 aromatic heterocycles. The monoisotopic (exact) mass is 270 g/mol. The average Bonchev–Trinajstić information content (AvgIpc) is 2.12. The van der Waals surface area contributed by atoms with Gasteiger partial charge in [0, 0.05) is 32.7 Å². The predicted octanol–water partition coefficient (Wildman–Crippen LogP) is 2.90. The standard InChI is InChI=1S/C10H14N.H3NO.Y/c1-8(2)7-9-3-5-10(11)6-4-9;1-2;/h3-6,8,11H,7H2,1-2H3;2H,1H2;/q-1;;. The normalized spacial score (nSPS) is 8.64. The van der Waals surface area contributed by atoms with Gasteiger partial charge in [0.2, 0.25) is 0 Å². The van der Waals surface area contributed by atoms with Gasteiger partial charge in [-0.1, -0.05) is 38.1 Å². The zero-order chi connectivity index (χ0) is 10.3. The summed E-state index contributed by atoms with van der Waals surface area (Å²) in [5, 5.41) is 6.50. The second-order valence-electron chi connectivity index (χ2n) is 3.29. The molecule has 1 rings (SSSR count). The largest absolute Gasteiger partial charge is 0.699 e. The van der Waals surface area contributed by atoms with Crippen LogP contribution >= 0.6 is 0 Å². The second-order valence-corrected chi connectivity index (χ2v) is 3.29. The maximum atomic E-state index is 7.27. The van der Waals surface area contributed by atoms with Crippen molar-refractivity contribution in [2.45, 2.75) is 20.3 Å². The Labute approximate surface area is 111 Å². The molecule has 0 saturated heterocycles. The van der Waals surface area contributed by atoms with Crippen molar-refractivity contribution < 1.29 is 37.9 Å². The zero-order valence-corrected chi connectivity index (χ0v) is 11.5. The van der Waals surface area contributed by atoms with E-state index in [0.29, 0.717) is 11.6 Å². The van der Waals surface area contributed by atoms with Crippen LogP contribution in [0.15, 0.2) is 24.3 Å². The van der Waals surface area contributed by atoms with Gasteiger partial charge in [-0.3, -0.25) is 0 Å². The zero-order valence-electron chi connectivity index (χ0n) is 8.70. The number of nitrogens with one attached hydrogen (secondary N) is 1. The van der Waals surface area contributed by atoms with Crippen molar-refractivity contribution in [1.82, 2.24) is 0 Å². The third kappa shape index (κ3) is 7.45. The third-order valence-electron chi connectivity index (χ3n) is 1.60. The smallest absolute Gasteiger partial charge is 0 e. The predicted molar refractivity (Wildman–Crippen MR) is 54.9 cm³/mol. The minimum atomic E-state index is 0. The maximum absolute atomic E-state index is 7.27. The van der Waals surface area contributed by atoms with E-state index in [9.17, 15) is 0 Å². The Morgan fingerprint density at radius 2 is 1.64 bits per heavy atom. The Kier molecular flexibility index (Phi) is 11.3. The quantitative estimate of drug-likeness (QED) is 0.811. The van der Waals surface area contributed by atoms with Crippen molar-refractivity contribution in [3.63, 3.8) is 0 Å². The molecule has 1 aromatic rings. The van der Waals surface area contributed by atoms with E-state index in [1.807, 2.05) is 24.3 Å². The fourth-order valence-electron chi connectivity index (χ4n) is 1.11. The molecule has 0 unspecified atom stereocenters. The van der Waals surface area contributed by atoms with Crippen molar-refractivity contribution in [2.75, 3.05) is 0 Å². The number of rotatable bonds is 2. The molecule has 4 N–H and O–H groups in total. The molecule has 1 radical (unpaired) electrons. The number of benzene rings is 1. The minimum Gasteiger partial charge on any atom is -0.699 e. The summed E-state index contributed by atoms with van der Waals surface area (Å²) in [4.78, 5) is 0. The number of hydrogen-bond donors (Lipinski definition) is 2. The van der Waals surface area contributed by atoms with Crippen LogP contribution in [0.5, 0.6) is 0 Å². The Bertz CT molecular complexity index is 224. The van der Waals surface area contributed by atoms with Crippen LogP contribution in [0, 0.1) is 5.92 Å². The first-order chi connectivity index (χ1) is 6.18. The van der Waals surface area contributed by atoms with Gasteiger partial charge >= 0.3 is 0 Å². The average molecular weight is 270 g/mol. The van der Waals surface area contributed by atoms with Gasteiger partial charge in [0.1, 0.15) is 0 Å². The van der Waals surface area contributed by atoms with Crippen LogP contribution in [0.4, 0.5) is 5.69 Å². The van der Waals surface area contributed by atoms with Crippen LogP contribution in [-0.4, -0.2) is 5.21 Å². The van der Waals surface area contributed by atoms with Crippen molar-refractivity contribution in [2.24, 2.45) is 11.8 Å². The van der Waals surface area contributed by atoms with E-state index in [4.69, 9.17) is 10.9 Å². The molecule has 0 saturated carbocycles. The maximum Gasteiger partial charge on any atom is 0 e. The van der Waals surface area contributed by atoms with Crippen LogP contribution in [0.3, 0.4) is 0 Å². The molecule has 0 aliphatic rings. The molecule has 0 amide bonds. The molecular weight excluding hydrogens is 253 g/mol. The van der Waals surface area contributed by atoms with Crippen LogP contribution in [0.1, 0.15) is 19.4 Å². The molecule has 0 aliphatic heterocycles. The summed E-state index contributed by atoms with van der Waals surface area (Å²) in [6.07, 6.45) is 1.11. The molecule has 14 heavy (non-hydrogen) atoms. The molecule has 0 bridgehead atoms. The molecule has 77 valence electrons. The van der Waals surface area contributed by atoms with Gasteiger partial charge in [0.05, 0.1) is 0 Å². The van der Waals surface area contributed by atoms with Crippen LogP contribution < -0.4 is 5.90 Å². The summed E-state index contributed by atoms with van der Waals surface area (Å²) in [6, 6.07) is 7.75. The van der Waals surface area contributed by atoms with E-state index in [2.05, 4.69) is 19.7 Å². The van der Waals surface area contributed by atoms with Gasteiger partial charge in [0.15, 0.2) is 0 Å². The topological polar surface area (TPSA) is 70.0 Å². The van der Waals surface area contributed by atoms with Crippen LogP contribution in [0.25, 0.3) is 5.73 Å². The summed E-state index contributed by atoms with van der Waals surface area (Å²) in [5.41, 5.74) is 9.20. The minimum absolute atomic E-state index is 0. The summed E-state index contributed by atoms with van der Waals surface area (Å²) in [7, 11) is 0. The third-order valence-corrected chi connectivity index (χ3v) is 1.60. The molecule has 0 aliphatic carbocycles. The molecule has 4 heteroatoms. The van der Waals surface area contributed by atoms with E-state index >= 15 is 0 Å². The van der Waals surface area contributed by atoms with Gasteiger partial charge in [-0.25, -0.2) is 5.90 Å². The number of nitrogens with two attached hydrogens (primary N) is 1. The molecular formula is C10H17N2OY-. The second kappa shape index (κ2) is 9.59. The first kappa shape index (κ1) is 16.5. The fraction of sp³-hybridized carbons (Fsp3) is 0.400. The van der Waals surface area contributed by atoms with E-state index in [1.54, 1.807) is 0 Å². The summed E-state index contributed by atoms with van der Waals surface area (Å²) in [6.45, 7) is 4.41. The van der Waals surface area contributed by atoms with Crippen molar-refractivity contribution in [1.29, 1.82) is 0 Å². The summed E-state index contributed by atoms with van der Waals surface area (Å²) >= 11 is 0. The molecule has 0 spiro atoms.